The van der Waals surface area contributed by atoms with Crippen LogP contribution in [0.1, 0.15) is 25.7 Å². The Balaban J connectivity index is 2.01. The maximum absolute atomic E-state index is 3.40. The van der Waals surface area contributed by atoms with Crippen LogP contribution in [0, 0.1) is 11.8 Å². The first kappa shape index (κ1) is 5.72. The van der Waals surface area contributed by atoms with Gasteiger partial charge in [0.25, 0.3) is 0 Å². The maximum Gasteiger partial charge on any atom is 0.00950 e. The molecule has 1 heteroatoms. The molecule has 52 valence electrons. The Kier molecular flexibility index (Phi) is 1.26. The second-order valence-electron chi connectivity index (χ2n) is 3.57. The second-order valence-corrected chi connectivity index (χ2v) is 3.57. The van der Waals surface area contributed by atoms with E-state index in [-0.39, 0.29) is 0 Å². The van der Waals surface area contributed by atoms with Gasteiger partial charge in [-0.1, -0.05) is 6.42 Å². The number of hydrogen-bond donors (Lipinski definition) is 1. The Morgan fingerprint density at radius 3 is 2.44 bits per heavy atom. The third-order valence-electron chi connectivity index (χ3n) is 3.11. The fourth-order valence-electron chi connectivity index (χ4n) is 2.60. The molecule has 2 aliphatic rings. The zero-order chi connectivity index (χ0) is 6.27. The molecule has 0 aromatic heterocycles. The topological polar surface area (TPSA) is 12.0 Å². The minimum atomic E-state index is 0.878. The lowest BCUT2D eigenvalue weighted by molar-refractivity contribution is 0.372. The van der Waals surface area contributed by atoms with E-state index < -0.39 is 0 Å². The van der Waals surface area contributed by atoms with E-state index in [1.54, 1.807) is 0 Å². The SMILES string of the molecule is CNC1C[C@@H]2CC[C@H]1C2. The van der Waals surface area contributed by atoms with Gasteiger partial charge in [-0.05, 0) is 38.1 Å². The van der Waals surface area contributed by atoms with Crippen LogP contribution in [0.15, 0.2) is 0 Å². The predicted octanol–water partition coefficient (Wildman–Crippen LogP) is 1.39. The molecule has 3 atom stereocenters. The van der Waals surface area contributed by atoms with Crippen LogP contribution in [-0.2, 0) is 0 Å². The third kappa shape index (κ3) is 0.787. The van der Waals surface area contributed by atoms with Crippen LogP contribution < -0.4 is 5.32 Å². The van der Waals surface area contributed by atoms with E-state index in [1.165, 1.54) is 25.7 Å². The summed E-state index contributed by atoms with van der Waals surface area (Å²) in [4.78, 5) is 0. The lowest BCUT2D eigenvalue weighted by Gasteiger charge is -2.20. The van der Waals surface area contributed by atoms with Crippen molar-refractivity contribution >= 4 is 0 Å². The van der Waals surface area contributed by atoms with E-state index in [1.807, 2.05) is 0 Å². The smallest absolute Gasteiger partial charge is 0.00950 e. The van der Waals surface area contributed by atoms with E-state index >= 15 is 0 Å². The summed E-state index contributed by atoms with van der Waals surface area (Å²) in [5.41, 5.74) is 0. The van der Waals surface area contributed by atoms with Crippen LogP contribution in [0.4, 0.5) is 0 Å². The summed E-state index contributed by atoms with van der Waals surface area (Å²) < 4.78 is 0. The number of rotatable bonds is 1. The minimum Gasteiger partial charge on any atom is -0.317 e. The van der Waals surface area contributed by atoms with Crippen molar-refractivity contribution < 1.29 is 0 Å². The van der Waals surface area contributed by atoms with Gasteiger partial charge in [-0.2, -0.15) is 0 Å². The van der Waals surface area contributed by atoms with Crippen LogP contribution in [0.5, 0.6) is 0 Å². The zero-order valence-electron chi connectivity index (χ0n) is 6.06. The van der Waals surface area contributed by atoms with Crippen molar-refractivity contribution in [2.45, 2.75) is 31.7 Å². The van der Waals surface area contributed by atoms with Crippen molar-refractivity contribution in [3.05, 3.63) is 0 Å². The van der Waals surface area contributed by atoms with E-state index in [9.17, 15) is 0 Å². The monoisotopic (exact) mass is 125 g/mol. The van der Waals surface area contributed by atoms with Crippen LogP contribution >= 0.6 is 0 Å². The first-order chi connectivity index (χ1) is 4.40. The molecule has 0 heterocycles. The Bertz CT molecular complexity index is 111. The molecule has 0 aliphatic heterocycles. The summed E-state index contributed by atoms with van der Waals surface area (Å²) >= 11 is 0. The summed E-state index contributed by atoms with van der Waals surface area (Å²) in [7, 11) is 2.10. The average molecular weight is 125 g/mol. The number of hydrogen-bond acceptors (Lipinski definition) is 1. The molecule has 2 bridgehead atoms. The Morgan fingerprint density at radius 1 is 1.22 bits per heavy atom. The summed E-state index contributed by atoms with van der Waals surface area (Å²) in [5.74, 6) is 2.13. The molecule has 2 aliphatic carbocycles. The third-order valence-corrected chi connectivity index (χ3v) is 3.11. The molecule has 0 saturated heterocycles. The van der Waals surface area contributed by atoms with Gasteiger partial charge < -0.3 is 5.32 Å². The lowest BCUT2D eigenvalue weighted by Crippen LogP contribution is -2.30. The fraction of sp³-hybridized carbons (Fsp3) is 1.00. The van der Waals surface area contributed by atoms with Crippen LogP contribution in [-0.4, -0.2) is 13.1 Å². The van der Waals surface area contributed by atoms with E-state index in [0.29, 0.717) is 0 Å². The highest BCUT2D eigenvalue weighted by atomic mass is 14.9. The molecule has 1 nitrogen and oxygen atoms in total. The summed E-state index contributed by atoms with van der Waals surface area (Å²) in [5, 5.41) is 3.40. The van der Waals surface area contributed by atoms with Crippen molar-refractivity contribution in [1.82, 2.24) is 5.32 Å². The zero-order valence-corrected chi connectivity index (χ0v) is 6.06. The standard InChI is InChI=1S/C8H15N/c1-9-8-5-6-2-3-7(8)4-6/h6-9H,2-5H2,1H3/t6-,7+,8?/m1/s1. The van der Waals surface area contributed by atoms with E-state index in [0.717, 1.165) is 17.9 Å². The molecular formula is C8H15N. The normalized spacial score (nSPS) is 48.3. The van der Waals surface area contributed by atoms with Gasteiger partial charge in [0.2, 0.25) is 0 Å². The Morgan fingerprint density at radius 2 is 2.11 bits per heavy atom. The van der Waals surface area contributed by atoms with Gasteiger partial charge in [-0.25, -0.2) is 0 Å². The Hall–Kier alpha value is -0.0400. The molecule has 0 spiro atoms. The quantitative estimate of drug-likeness (QED) is 0.558. The van der Waals surface area contributed by atoms with Crippen LogP contribution in [0.3, 0.4) is 0 Å². The average Bonchev–Trinajstić information content (AvgIpc) is 2.45. The van der Waals surface area contributed by atoms with Crippen LogP contribution in [0.25, 0.3) is 0 Å². The highest BCUT2D eigenvalue weighted by Gasteiger charge is 2.38. The van der Waals surface area contributed by atoms with Gasteiger partial charge in [-0.3, -0.25) is 0 Å². The van der Waals surface area contributed by atoms with Crippen molar-refractivity contribution in [1.29, 1.82) is 0 Å². The molecular weight excluding hydrogens is 110 g/mol. The summed E-state index contributed by atoms with van der Waals surface area (Å²) in [6.07, 6.45) is 5.99. The Labute approximate surface area is 56.8 Å². The van der Waals surface area contributed by atoms with Gasteiger partial charge in [0.15, 0.2) is 0 Å². The van der Waals surface area contributed by atoms with Gasteiger partial charge in [-0.15, -0.1) is 0 Å². The highest BCUT2D eigenvalue weighted by molar-refractivity contribution is 4.93. The molecule has 0 aromatic carbocycles. The van der Waals surface area contributed by atoms with Gasteiger partial charge >= 0.3 is 0 Å². The molecule has 2 rings (SSSR count). The van der Waals surface area contributed by atoms with Gasteiger partial charge in [0.1, 0.15) is 0 Å². The molecule has 1 unspecified atom stereocenters. The summed E-state index contributed by atoms with van der Waals surface area (Å²) in [6.45, 7) is 0. The van der Waals surface area contributed by atoms with Crippen molar-refractivity contribution in [2.24, 2.45) is 11.8 Å². The highest BCUT2D eigenvalue weighted by Crippen LogP contribution is 2.44. The molecule has 2 saturated carbocycles. The fourth-order valence-corrected chi connectivity index (χ4v) is 2.60. The first-order valence-corrected chi connectivity index (χ1v) is 4.07. The van der Waals surface area contributed by atoms with E-state index in [2.05, 4.69) is 12.4 Å². The minimum absolute atomic E-state index is 0.878. The lowest BCUT2D eigenvalue weighted by atomic mass is 9.96. The van der Waals surface area contributed by atoms with Gasteiger partial charge in [0.05, 0.1) is 0 Å². The number of fused-ring (bicyclic) bond motifs is 2. The van der Waals surface area contributed by atoms with Crippen molar-refractivity contribution in [3.8, 4) is 0 Å². The number of nitrogens with one attached hydrogen (secondary N) is 1. The molecule has 0 aromatic rings. The predicted molar refractivity (Wildman–Crippen MR) is 38.3 cm³/mol. The van der Waals surface area contributed by atoms with Crippen molar-refractivity contribution in [2.75, 3.05) is 7.05 Å². The second kappa shape index (κ2) is 1.98. The van der Waals surface area contributed by atoms with Crippen LogP contribution in [0.2, 0.25) is 0 Å². The molecule has 0 amide bonds. The molecule has 1 N–H and O–H groups in total. The first-order valence-electron chi connectivity index (χ1n) is 4.07. The van der Waals surface area contributed by atoms with E-state index in [4.69, 9.17) is 0 Å². The summed E-state index contributed by atoms with van der Waals surface area (Å²) in [6, 6.07) is 0.878. The molecule has 9 heavy (non-hydrogen) atoms. The van der Waals surface area contributed by atoms with Crippen molar-refractivity contribution in [3.63, 3.8) is 0 Å². The molecule has 0 radical (unpaired) electrons. The maximum atomic E-state index is 3.40. The van der Waals surface area contributed by atoms with Gasteiger partial charge in [0, 0.05) is 6.04 Å². The largest absolute Gasteiger partial charge is 0.317 e. The molecule has 2 fully saturated rings.